The molecule has 1 N–H and O–H groups in total. The standard InChI is InChI=1S/C14H22ClN3O2/c1-2-8-18-14(12(15)10-17-18)13(19)5-9-20-11-3-6-16-7-4-11/h10-11,16H,2-9H2,1H3. The van der Waals surface area contributed by atoms with E-state index in [9.17, 15) is 4.79 Å². The van der Waals surface area contributed by atoms with Crippen LogP contribution in [0.1, 0.15) is 43.1 Å². The molecule has 6 heteroatoms. The van der Waals surface area contributed by atoms with Gasteiger partial charge in [-0.15, -0.1) is 0 Å². The van der Waals surface area contributed by atoms with Crippen molar-refractivity contribution in [3.8, 4) is 0 Å². The number of nitrogens with zero attached hydrogens (tertiary/aromatic N) is 2. The van der Waals surface area contributed by atoms with Gasteiger partial charge in [0.2, 0.25) is 0 Å². The molecule has 1 aromatic heterocycles. The normalized spacial score (nSPS) is 16.5. The summed E-state index contributed by atoms with van der Waals surface area (Å²) in [6.45, 7) is 5.20. The molecule has 0 radical (unpaired) electrons. The maximum absolute atomic E-state index is 12.2. The van der Waals surface area contributed by atoms with Gasteiger partial charge in [-0.1, -0.05) is 18.5 Å². The molecule has 2 rings (SSSR count). The second-order valence-corrected chi connectivity index (χ2v) is 5.46. The van der Waals surface area contributed by atoms with Gasteiger partial charge in [0.25, 0.3) is 0 Å². The molecule has 0 amide bonds. The Morgan fingerprint density at radius 2 is 2.30 bits per heavy atom. The van der Waals surface area contributed by atoms with Gasteiger partial charge in [0, 0.05) is 13.0 Å². The van der Waals surface area contributed by atoms with Gasteiger partial charge in [-0.2, -0.15) is 5.10 Å². The zero-order valence-electron chi connectivity index (χ0n) is 11.9. The highest BCUT2D eigenvalue weighted by atomic mass is 35.5. The number of carbonyl (C=O) groups excluding carboxylic acids is 1. The summed E-state index contributed by atoms with van der Waals surface area (Å²) in [6.07, 6.45) is 5.13. The number of aromatic nitrogens is 2. The molecule has 0 saturated carbocycles. The molecule has 1 saturated heterocycles. The molecule has 0 atom stereocenters. The summed E-state index contributed by atoms with van der Waals surface area (Å²) in [4.78, 5) is 12.2. The summed E-state index contributed by atoms with van der Waals surface area (Å²) in [7, 11) is 0. The Balaban J connectivity index is 1.83. The number of carbonyl (C=O) groups is 1. The second kappa shape index (κ2) is 7.76. The number of aryl methyl sites for hydroxylation is 1. The van der Waals surface area contributed by atoms with Crippen LogP contribution in [0.25, 0.3) is 0 Å². The van der Waals surface area contributed by atoms with Gasteiger partial charge in [-0.05, 0) is 32.4 Å². The van der Waals surface area contributed by atoms with Gasteiger partial charge in [0.05, 0.1) is 23.9 Å². The molecule has 1 aromatic rings. The van der Waals surface area contributed by atoms with E-state index < -0.39 is 0 Å². The monoisotopic (exact) mass is 299 g/mol. The minimum atomic E-state index is 0.00915. The van der Waals surface area contributed by atoms with Crippen molar-refractivity contribution >= 4 is 17.4 Å². The summed E-state index contributed by atoms with van der Waals surface area (Å²) in [5.74, 6) is 0.00915. The molecule has 1 aliphatic rings. The van der Waals surface area contributed by atoms with Crippen molar-refractivity contribution in [1.29, 1.82) is 0 Å². The summed E-state index contributed by atoms with van der Waals surface area (Å²) < 4.78 is 7.45. The lowest BCUT2D eigenvalue weighted by atomic mass is 10.1. The third kappa shape index (κ3) is 4.04. The van der Waals surface area contributed by atoms with E-state index in [1.54, 1.807) is 4.68 Å². The van der Waals surface area contributed by atoms with E-state index in [0.717, 1.165) is 32.4 Å². The van der Waals surface area contributed by atoms with Gasteiger partial charge >= 0.3 is 0 Å². The Bertz CT molecular complexity index is 442. The van der Waals surface area contributed by atoms with Crippen LogP contribution in [-0.4, -0.2) is 41.4 Å². The molecular formula is C14H22ClN3O2. The molecule has 1 aliphatic heterocycles. The van der Waals surface area contributed by atoms with Crippen molar-refractivity contribution < 1.29 is 9.53 Å². The Morgan fingerprint density at radius 3 is 3.00 bits per heavy atom. The third-order valence-electron chi connectivity index (χ3n) is 3.46. The molecule has 5 nitrogen and oxygen atoms in total. The Labute approximate surface area is 124 Å². The van der Waals surface area contributed by atoms with E-state index in [-0.39, 0.29) is 11.9 Å². The van der Waals surface area contributed by atoms with Crippen molar-refractivity contribution in [2.45, 2.75) is 45.3 Å². The van der Waals surface area contributed by atoms with E-state index in [0.29, 0.717) is 30.3 Å². The highest BCUT2D eigenvalue weighted by Gasteiger charge is 2.18. The van der Waals surface area contributed by atoms with Crippen LogP contribution in [0.4, 0.5) is 0 Å². The first-order chi connectivity index (χ1) is 9.72. The molecule has 0 unspecified atom stereocenters. The predicted molar refractivity (Wildman–Crippen MR) is 78.3 cm³/mol. The van der Waals surface area contributed by atoms with Crippen LogP contribution in [0.2, 0.25) is 5.02 Å². The predicted octanol–water partition coefficient (Wildman–Crippen LogP) is 2.29. The first-order valence-corrected chi connectivity index (χ1v) is 7.67. The van der Waals surface area contributed by atoms with E-state index in [2.05, 4.69) is 10.4 Å². The summed E-state index contributed by atoms with van der Waals surface area (Å²) >= 11 is 6.05. The van der Waals surface area contributed by atoms with Crippen molar-refractivity contribution in [2.75, 3.05) is 19.7 Å². The minimum Gasteiger partial charge on any atom is -0.378 e. The fraction of sp³-hybridized carbons (Fsp3) is 0.714. The molecule has 20 heavy (non-hydrogen) atoms. The van der Waals surface area contributed by atoms with E-state index >= 15 is 0 Å². The Kier molecular flexibility index (Phi) is 6.01. The van der Waals surface area contributed by atoms with Crippen LogP contribution in [-0.2, 0) is 11.3 Å². The lowest BCUT2D eigenvalue weighted by Crippen LogP contribution is -2.32. The third-order valence-corrected chi connectivity index (χ3v) is 3.74. The van der Waals surface area contributed by atoms with Crippen LogP contribution in [0.3, 0.4) is 0 Å². The number of ether oxygens (including phenoxy) is 1. The van der Waals surface area contributed by atoms with Crippen molar-refractivity contribution in [1.82, 2.24) is 15.1 Å². The van der Waals surface area contributed by atoms with E-state index in [1.807, 2.05) is 6.92 Å². The van der Waals surface area contributed by atoms with Gasteiger partial charge in [-0.25, -0.2) is 0 Å². The van der Waals surface area contributed by atoms with E-state index in [1.165, 1.54) is 6.20 Å². The maximum atomic E-state index is 12.2. The van der Waals surface area contributed by atoms with Gasteiger partial charge in [-0.3, -0.25) is 9.48 Å². The Hall–Kier alpha value is -0.910. The summed E-state index contributed by atoms with van der Waals surface area (Å²) in [5, 5.41) is 7.86. The van der Waals surface area contributed by atoms with Crippen LogP contribution in [0.15, 0.2) is 6.20 Å². The van der Waals surface area contributed by atoms with Crippen LogP contribution < -0.4 is 5.32 Å². The number of halogens is 1. The Morgan fingerprint density at radius 1 is 1.55 bits per heavy atom. The molecule has 0 bridgehead atoms. The molecule has 0 spiro atoms. The van der Waals surface area contributed by atoms with Gasteiger partial charge in [0.15, 0.2) is 5.78 Å². The minimum absolute atomic E-state index is 0.00915. The lowest BCUT2D eigenvalue weighted by molar-refractivity contribution is 0.0312. The fourth-order valence-corrected chi connectivity index (χ4v) is 2.67. The molecular weight excluding hydrogens is 278 g/mol. The molecule has 0 aliphatic carbocycles. The quantitative estimate of drug-likeness (QED) is 0.785. The average molecular weight is 300 g/mol. The number of Topliss-reactive ketones (excluding diaryl/α,β-unsaturated/α-hetero) is 1. The van der Waals surface area contributed by atoms with Crippen molar-refractivity contribution in [3.05, 3.63) is 16.9 Å². The highest BCUT2D eigenvalue weighted by molar-refractivity contribution is 6.33. The number of nitrogens with one attached hydrogen (secondary N) is 1. The zero-order chi connectivity index (χ0) is 14.4. The highest BCUT2D eigenvalue weighted by Crippen LogP contribution is 2.18. The number of hydrogen-bond acceptors (Lipinski definition) is 4. The number of hydrogen-bond donors (Lipinski definition) is 1. The first kappa shape index (κ1) is 15.5. The molecule has 1 fully saturated rings. The smallest absolute Gasteiger partial charge is 0.184 e. The van der Waals surface area contributed by atoms with Crippen LogP contribution in [0.5, 0.6) is 0 Å². The topological polar surface area (TPSA) is 56.2 Å². The van der Waals surface area contributed by atoms with Crippen LogP contribution >= 0.6 is 11.6 Å². The second-order valence-electron chi connectivity index (χ2n) is 5.06. The van der Waals surface area contributed by atoms with Gasteiger partial charge in [0.1, 0.15) is 5.69 Å². The van der Waals surface area contributed by atoms with Crippen LogP contribution in [0, 0.1) is 0 Å². The number of rotatable bonds is 7. The number of piperidine rings is 1. The van der Waals surface area contributed by atoms with Crippen molar-refractivity contribution in [2.24, 2.45) is 0 Å². The largest absolute Gasteiger partial charge is 0.378 e. The summed E-state index contributed by atoms with van der Waals surface area (Å²) in [5.41, 5.74) is 0.516. The molecule has 2 heterocycles. The SMILES string of the molecule is CCCn1ncc(Cl)c1C(=O)CCOC1CCNCC1. The average Bonchev–Trinajstić information content (AvgIpc) is 2.81. The molecule has 0 aromatic carbocycles. The maximum Gasteiger partial charge on any atom is 0.184 e. The molecule has 112 valence electrons. The number of ketones is 1. The first-order valence-electron chi connectivity index (χ1n) is 7.29. The summed E-state index contributed by atoms with van der Waals surface area (Å²) in [6, 6.07) is 0. The fourth-order valence-electron chi connectivity index (χ4n) is 2.42. The van der Waals surface area contributed by atoms with Gasteiger partial charge < -0.3 is 10.1 Å². The van der Waals surface area contributed by atoms with Crippen molar-refractivity contribution in [3.63, 3.8) is 0 Å². The lowest BCUT2D eigenvalue weighted by Gasteiger charge is -2.22. The van der Waals surface area contributed by atoms with E-state index in [4.69, 9.17) is 16.3 Å². The zero-order valence-corrected chi connectivity index (χ0v) is 12.7.